The van der Waals surface area contributed by atoms with Crippen LogP contribution in [0, 0.1) is 0 Å². The summed E-state index contributed by atoms with van der Waals surface area (Å²) in [5, 5.41) is 2.94. The molecule has 2 fully saturated rings. The molecule has 2 aliphatic rings. The van der Waals surface area contributed by atoms with Crippen molar-refractivity contribution in [1.29, 1.82) is 0 Å². The molecule has 0 aromatic heterocycles. The maximum atomic E-state index is 12.6. The number of alkyl halides is 3. The van der Waals surface area contributed by atoms with Crippen molar-refractivity contribution < 1.29 is 22.8 Å². The van der Waals surface area contributed by atoms with E-state index < -0.39 is 11.7 Å². The van der Waals surface area contributed by atoms with Gasteiger partial charge in [0, 0.05) is 32.2 Å². The van der Waals surface area contributed by atoms with Crippen molar-refractivity contribution >= 4 is 11.8 Å². The van der Waals surface area contributed by atoms with Crippen LogP contribution in [0.5, 0.6) is 0 Å². The minimum atomic E-state index is -4.37. The molecular formula is C18H22F3N3O2. The minimum absolute atomic E-state index is 0.0250. The van der Waals surface area contributed by atoms with Gasteiger partial charge in [0.2, 0.25) is 11.8 Å². The summed E-state index contributed by atoms with van der Waals surface area (Å²) in [6.07, 6.45) is -2.18. The third-order valence-electron chi connectivity index (χ3n) is 4.67. The average Bonchev–Trinajstić information content (AvgIpc) is 3.39. The second kappa shape index (κ2) is 7.65. The van der Waals surface area contributed by atoms with Crippen molar-refractivity contribution in [3.05, 3.63) is 35.4 Å². The van der Waals surface area contributed by atoms with Crippen LogP contribution in [-0.4, -0.2) is 60.4 Å². The highest BCUT2D eigenvalue weighted by atomic mass is 19.4. The number of nitrogens with one attached hydrogen (secondary N) is 1. The van der Waals surface area contributed by atoms with Gasteiger partial charge in [0.1, 0.15) is 0 Å². The van der Waals surface area contributed by atoms with Gasteiger partial charge in [-0.3, -0.25) is 14.5 Å². The topological polar surface area (TPSA) is 52.7 Å². The Kier molecular flexibility index (Phi) is 5.50. The van der Waals surface area contributed by atoms with Gasteiger partial charge in [-0.15, -0.1) is 0 Å². The van der Waals surface area contributed by atoms with Gasteiger partial charge in [0.15, 0.2) is 0 Å². The van der Waals surface area contributed by atoms with Crippen molar-refractivity contribution in [2.45, 2.75) is 31.5 Å². The van der Waals surface area contributed by atoms with Crippen LogP contribution >= 0.6 is 0 Å². The number of halogens is 3. The first-order valence-corrected chi connectivity index (χ1v) is 8.77. The first-order valence-electron chi connectivity index (χ1n) is 8.77. The number of piperazine rings is 1. The lowest BCUT2D eigenvalue weighted by atomic mass is 10.1. The molecule has 0 radical (unpaired) electrons. The van der Waals surface area contributed by atoms with Gasteiger partial charge >= 0.3 is 6.18 Å². The van der Waals surface area contributed by atoms with Crippen LogP contribution in [0.15, 0.2) is 24.3 Å². The van der Waals surface area contributed by atoms with Crippen LogP contribution in [0.3, 0.4) is 0 Å². The molecule has 1 aliphatic carbocycles. The summed E-state index contributed by atoms with van der Waals surface area (Å²) in [5.41, 5.74) is -0.152. The number of nitrogens with zero attached hydrogens (tertiary/aromatic N) is 2. The molecule has 1 saturated carbocycles. The fourth-order valence-corrected chi connectivity index (χ4v) is 2.96. The van der Waals surface area contributed by atoms with Crippen LogP contribution in [0.25, 0.3) is 0 Å². The Morgan fingerprint density at radius 1 is 1.04 bits per heavy atom. The van der Waals surface area contributed by atoms with E-state index in [1.54, 1.807) is 4.90 Å². The quantitative estimate of drug-likeness (QED) is 0.859. The van der Waals surface area contributed by atoms with Crippen molar-refractivity contribution in [1.82, 2.24) is 15.1 Å². The molecule has 1 aliphatic heterocycles. The lowest BCUT2D eigenvalue weighted by Gasteiger charge is -2.34. The molecule has 1 aromatic rings. The van der Waals surface area contributed by atoms with E-state index in [1.807, 2.05) is 4.90 Å². The third-order valence-corrected chi connectivity index (χ3v) is 4.67. The maximum absolute atomic E-state index is 12.6. The van der Waals surface area contributed by atoms with Crippen molar-refractivity contribution in [3.8, 4) is 0 Å². The molecule has 26 heavy (non-hydrogen) atoms. The number of amides is 2. The van der Waals surface area contributed by atoms with Crippen LogP contribution < -0.4 is 5.32 Å². The van der Waals surface area contributed by atoms with E-state index >= 15 is 0 Å². The van der Waals surface area contributed by atoms with Crippen molar-refractivity contribution in [2.24, 2.45) is 0 Å². The Morgan fingerprint density at radius 3 is 2.19 bits per heavy atom. The zero-order valence-corrected chi connectivity index (χ0v) is 14.4. The predicted molar refractivity (Wildman–Crippen MR) is 89.3 cm³/mol. The highest BCUT2D eigenvalue weighted by molar-refractivity contribution is 5.79. The van der Waals surface area contributed by atoms with Gasteiger partial charge in [0.25, 0.3) is 0 Å². The Morgan fingerprint density at radius 2 is 1.65 bits per heavy atom. The van der Waals surface area contributed by atoms with E-state index in [1.165, 1.54) is 12.1 Å². The van der Waals surface area contributed by atoms with Gasteiger partial charge in [0.05, 0.1) is 18.5 Å². The molecule has 3 rings (SSSR count). The Labute approximate surface area is 150 Å². The average molecular weight is 369 g/mol. The Bertz CT molecular complexity index is 649. The van der Waals surface area contributed by atoms with Gasteiger partial charge < -0.3 is 10.2 Å². The summed E-state index contributed by atoms with van der Waals surface area (Å²) in [6.45, 7) is 2.64. The number of hydrogen-bond donors (Lipinski definition) is 1. The highest BCUT2D eigenvalue weighted by Crippen LogP contribution is 2.29. The largest absolute Gasteiger partial charge is 0.416 e. The zero-order chi connectivity index (χ0) is 18.7. The summed E-state index contributed by atoms with van der Waals surface area (Å²) >= 11 is 0. The number of hydrogen-bond acceptors (Lipinski definition) is 3. The second-order valence-electron chi connectivity index (χ2n) is 6.87. The lowest BCUT2D eigenvalue weighted by molar-refractivity contribution is -0.137. The summed E-state index contributed by atoms with van der Waals surface area (Å²) in [6, 6.07) is 5.03. The Balaban J connectivity index is 1.43. The molecular weight excluding hydrogens is 347 g/mol. The minimum Gasteiger partial charge on any atom is -0.352 e. The molecule has 2 amide bonds. The number of carbonyl (C=O) groups excluding carboxylic acids is 2. The summed E-state index contributed by atoms with van der Waals surface area (Å²) in [7, 11) is 0. The fourth-order valence-electron chi connectivity index (χ4n) is 2.96. The van der Waals surface area contributed by atoms with Gasteiger partial charge in [-0.05, 0) is 30.5 Å². The maximum Gasteiger partial charge on any atom is 0.416 e. The van der Waals surface area contributed by atoms with Crippen LogP contribution in [0.4, 0.5) is 13.2 Å². The van der Waals surface area contributed by atoms with E-state index in [0.717, 1.165) is 25.0 Å². The van der Waals surface area contributed by atoms with Crippen molar-refractivity contribution in [2.75, 3.05) is 32.7 Å². The second-order valence-corrected chi connectivity index (χ2v) is 6.87. The fraction of sp³-hybridized carbons (Fsp3) is 0.556. The van der Waals surface area contributed by atoms with E-state index in [0.29, 0.717) is 44.3 Å². The summed E-state index contributed by atoms with van der Waals surface area (Å²) in [4.78, 5) is 27.9. The van der Waals surface area contributed by atoms with Crippen LogP contribution in [0.2, 0.25) is 0 Å². The molecule has 1 saturated heterocycles. The van der Waals surface area contributed by atoms with Crippen molar-refractivity contribution in [3.63, 3.8) is 0 Å². The molecule has 0 unspecified atom stereocenters. The normalized spacial score (nSPS) is 18.7. The van der Waals surface area contributed by atoms with Crippen LogP contribution in [-0.2, 0) is 22.2 Å². The standard InChI is InChI=1S/C18H22F3N3O2/c19-18(20,21)14-3-1-13(2-4-14)11-17(26)24-9-7-23(8-10-24)12-16(25)22-15-5-6-15/h1-4,15H,5-12H2,(H,22,25). The number of carbonyl (C=O) groups is 2. The van der Waals surface area contributed by atoms with E-state index in [-0.39, 0.29) is 18.2 Å². The molecule has 0 bridgehead atoms. The SMILES string of the molecule is O=C(CN1CCN(C(=O)Cc2ccc(C(F)(F)F)cc2)CC1)NC1CC1. The third kappa shape index (κ3) is 5.20. The molecule has 142 valence electrons. The smallest absolute Gasteiger partial charge is 0.352 e. The monoisotopic (exact) mass is 369 g/mol. The molecule has 1 heterocycles. The molecule has 8 heteroatoms. The molecule has 5 nitrogen and oxygen atoms in total. The lowest BCUT2D eigenvalue weighted by Crippen LogP contribution is -2.51. The van der Waals surface area contributed by atoms with E-state index in [4.69, 9.17) is 0 Å². The number of rotatable bonds is 5. The number of benzene rings is 1. The first-order chi connectivity index (χ1) is 12.3. The molecule has 0 atom stereocenters. The Hall–Kier alpha value is -2.09. The molecule has 1 N–H and O–H groups in total. The predicted octanol–water partition coefficient (Wildman–Crippen LogP) is 1.67. The summed E-state index contributed by atoms with van der Waals surface area (Å²) in [5.74, 6) is -0.0797. The van der Waals surface area contributed by atoms with E-state index in [9.17, 15) is 22.8 Å². The van der Waals surface area contributed by atoms with Gasteiger partial charge in [-0.2, -0.15) is 13.2 Å². The van der Waals surface area contributed by atoms with Gasteiger partial charge in [-0.25, -0.2) is 0 Å². The van der Waals surface area contributed by atoms with Gasteiger partial charge in [-0.1, -0.05) is 12.1 Å². The zero-order valence-electron chi connectivity index (χ0n) is 14.4. The molecule has 0 spiro atoms. The highest BCUT2D eigenvalue weighted by Gasteiger charge is 2.30. The van der Waals surface area contributed by atoms with E-state index in [2.05, 4.69) is 5.32 Å². The van der Waals surface area contributed by atoms with Crippen LogP contribution in [0.1, 0.15) is 24.0 Å². The first kappa shape index (κ1) is 18.7. The molecule has 1 aromatic carbocycles. The summed E-state index contributed by atoms with van der Waals surface area (Å²) < 4.78 is 37.7.